The molecule has 0 radical (unpaired) electrons. The molecule has 1 aliphatic rings. The Balaban J connectivity index is 1.84. The maximum absolute atomic E-state index is 5.59. The second-order valence-corrected chi connectivity index (χ2v) is 5.93. The van der Waals surface area contributed by atoms with Crippen molar-refractivity contribution < 1.29 is 4.74 Å². The van der Waals surface area contributed by atoms with E-state index in [1.807, 2.05) is 0 Å². The Kier molecular flexibility index (Phi) is 6.32. The zero-order valence-electron chi connectivity index (χ0n) is 13.0. The van der Waals surface area contributed by atoms with Crippen LogP contribution >= 0.6 is 0 Å². The molecule has 0 atom stereocenters. The first-order valence-electron chi connectivity index (χ1n) is 8.13. The molecule has 0 amide bonds. The van der Waals surface area contributed by atoms with Gasteiger partial charge in [0.1, 0.15) is 0 Å². The minimum absolute atomic E-state index is 0.752. The molecule has 1 aromatic carbocycles. The molecule has 1 aliphatic carbocycles. The van der Waals surface area contributed by atoms with Gasteiger partial charge in [0.15, 0.2) is 0 Å². The van der Waals surface area contributed by atoms with Crippen LogP contribution in [0.2, 0.25) is 0 Å². The molecule has 20 heavy (non-hydrogen) atoms. The van der Waals surface area contributed by atoms with Crippen LogP contribution in [0.15, 0.2) is 36.4 Å². The highest BCUT2D eigenvalue weighted by Gasteiger charge is 2.20. The SMILES string of the molecule is C/C=C\C1CCC(c2ccc(COCCC)cc2)CC1. The largest absolute Gasteiger partial charge is 0.377 e. The van der Waals surface area contributed by atoms with E-state index in [2.05, 4.69) is 50.3 Å². The lowest BCUT2D eigenvalue weighted by Crippen LogP contribution is -2.11. The molecule has 1 saturated carbocycles. The van der Waals surface area contributed by atoms with Crippen LogP contribution in [0.5, 0.6) is 0 Å². The predicted molar refractivity (Wildman–Crippen MR) is 85.9 cm³/mol. The van der Waals surface area contributed by atoms with Crippen LogP contribution < -0.4 is 0 Å². The van der Waals surface area contributed by atoms with E-state index in [1.165, 1.54) is 36.8 Å². The molecule has 0 spiro atoms. The lowest BCUT2D eigenvalue weighted by molar-refractivity contribution is 0.121. The van der Waals surface area contributed by atoms with Crippen LogP contribution in [-0.2, 0) is 11.3 Å². The first kappa shape index (κ1) is 15.3. The molecule has 0 aliphatic heterocycles. The number of hydrogen-bond donors (Lipinski definition) is 0. The Morgan fingerprint density at radius 1 is 1.10 bits per heavy atom. The van der Waals surface area contributed by atoms with E-state index < -0.39 is 0 Å². The molecular weight excluding hydrogens is 244 g/mol. The number of rotatable bonds is 6. The number of benzene rings is 1. The predicted octanol–water partition coefficient (Wildman–Crippen LogP) is 5.46. The number of hydrogen-bond acceptors (Lipinski definition) is 1. The van der Waals surface area contributed by atoms with Crippen LogP contribution in [0.25, 0.3) is 0 Å². The average Bonchev–Trinajstić information content (AvgIpc) is 2.49. The van der Waals surface area contributed by atoms with E-state index >= 15 is 0 Å². The minimum atomic E-state index is 0.752. The lowest BCUT2D eigenvalue weighted by atomic mass is 9.78. The molecule has 1 nitrogen and oxygen atoms in total. The van der Waals surface area contributed by atoms with Crippen molar-refractivity contribution in [3.8, 4) is 0 Å². The summed E-state index contributed by atoms with van der Waals surface area (Å²) in [5, 5.41) is 0. The van der Waals surface area contributed by atoms with Crippen LogP contribution in [0.3, 0.4) is 0 Å². The maximum Gasteiger partial charge on any atom is 0.0716 e. The van der Waals surface area contributed by atoms with Crippen LogP contribution in [0, 0.1) is 5.92 Å². The molecule has 1 fully saturated rings. The van der Waals surface area contributed by atoms with E-state index in [4.69, 9.17) is 4.74 Å². The van der Waals surface area contributed by atoms with Crippen molar-refractivity contribution in [1.29, 1.82) is 0 Å². The third kappa shape index (κ3) is 4.49. The summed E-state index contributed by atoms with van der Waals surface area (Å²) >= 11 is 0. The number of ether oxygens (including phenoxy) is 1. The molecule has 1 aromatic rings. The van der Waals surface area contributed by atoms with Gasteiger partial charge in [0.2, 0.25) is 0 Å². The summed E-state index contributed by atoms with van der Waals surface area (Å²) in [6.07, 6.45) is 11.0. The van der Waals surface area contributed by atoms with Gasteiger partial charge in [0, 0.05) is 6.61 Å². The van der Waals surface area contributed by atoms with Gasteiger partial charge in [-0.1, -0.05) is 43.3 Å². The van der Waals surface area contributed by atoms with E-state index in [1.54, 1.807) is 0 Å². The van der Waals surface area contributed by atoms with Gasteiger partial charge in [-0.2, -0.15) is 0 Å². The fraction of sp³-hybridized carbons (Fsp3) is 0.579. The first-order chi connectivity index (χ1) is 9.83. The van der Waals surface area contributed by atoms with Crippen LogP contribution in [-0.4, -0.2) is 6.61 Å². The molecule has 1 heteroatoms. The maximum atomic E-state index is 5.59. The third-order valence-electron chi connectivity index (χ3n) is 4.30. The van der Waals surface area contributed by atoms with E-state index in [0.29, 0.717) is 0 Å². The molecule has 0 N–H and O–H groups in total. The Hall–Kier alpha value is -1.08. The summed E-state index contributed by atoms with van der Waals surface area (Å²) < 4.78 is 5.59. The third-order valence-corrected chi connectivity index (χ3v) is 4.30. The van der Waals surface area contributed by atoms with E-state index in [9.17, 15) is 0 Å². The summed E-state index contributed by atoms with van der Waals surface area (Å²) in [6, 6.07) is 9.10. The average molecular weight is 272 g/mol. The summed E-state index contributed by atoms with van der Waals surface area (Å²) in [5.41, 5.74) is 2.81. The van der Waals surface area contributed by atoms with E-state index in [0.717, 1.165) is 31.5 Å². The topological polar surface area (TPSA) is 9.23 Å². The van der Waals surface area contributed by atoms with Gasteiger partial charge in [0.05, 0.1) is 6.61 Å². The van der Waals surface area contributed by atoms with Gasteiger partial charge in [-0.3, -0.25) is 0 Å². The van der Waals surface area contributed by atoms with Crippen molar-refractivity contribution in [3.63, 3.8) is 0 Å². The summed E-state index contributed by atoms with van der Waals surface area (Å²) in [5.74, 6) is 1.58. The fourth-order valence-electron chi connectivity index (χ4n) is 3.14. The van der Waals surface area contributed by atoms with Crippen molar-refractivity contribution in [2.45, 2.75) is 58.5 Å². The second-order valence-electron chi connectivity index (χ2n) is 5.93. The molecule has 2 rings (SSSR count). The molecule has 110 valence electrons. The first-order valence-corrected chi connectivity index (χ1v) is 8.13. The molecular formula is C19H28O. The second kappa shape index (κ2) is 8.26. The Morgan fingerprint density at radius 2 is 1.80 bits per heavy atom. The van der Waals surface area contributed by atoms with E-state index in [-0.39, 0.29) is 0 Å². The lowest BCUT2D eigenvalue weighted by Gasteiger charge is -2.27. The van der Waals surface area contributed by atoms with Crippen molar-refractivity contribution in [2.75, 3.05) is 6.61 Å². The molecule has 0 heterocycles. The van der Waals surface area contributed by atoms with Crippen molar-refractivity contribution in [1.82, 2.24) is 0 Å². The van der Waals surface area contributed by atoms with Gasteiger partial charge in [-0.15, -0.1) is 0 Å². The quantitative estimate of drug-likeness (QED) is 0.493. The summed E-state index contributed by atoms with van der Waals surface area (Å²) in [7, 11) is 0. The normalized spacial score (nSPS) is 23.3. The van der Waals surface area contributed by atoms with Gasteiger partial charge in [0.25, 0.3) is 0 Å². The highest BCUT2D eigenvalue weighted by atomic mass is 16.5. The van der Waals surface area contributed by atoms with Crippen molar-refractivity contribution >= 4 is 0 Å². The van der Waals surface area contributed by atoms with Gasteiger partial charge >= 0.3 is 0 Å². The molecule has 0 unspecified atom stereocenters. The monoisotopic (exact) mass is 272 g/mol. The van der Waals surface area contributed by atoms with Crippen molar-refractivity contribution in [2.24, 2.45) is 5.92 Å². The highest BCUT2D eigenvalue weighted by molar-refractivity contribution is 5.25. The standard InChI is InChI=1S/C19H28O/c1-3-5-16-6-10-18(11-7-16)19-12-8-17(9-13-19)15-20-14-4-2/h3,5,8-9,12-13,16,18H,4,6-7,10-11,14-15H2,1-2H3/b5-3-. The van der Waals surface area contributed by atoms with Crippen molar-refractivity contribution in [3.05, 3.63) is 47.5 Å². The molecule has 0 aromatic heterocycles. The van der Waals surface area contributed by atoms with Gasteiger partial charge < -0.3 is 4.74 Å². The summed E-state index contributed by atoms with van der Waals surface area (Å²) in [4.78, 5) is 0. The zero-order valence-corrected chi connectivity index (χ0v) is 13.0. The smallest absolute Gasteiger partial charge is 0.0716 e. The minimum Gasteiger partial charge on any atom is -0.377 e. The van der Waals surface area contributed by atoms with Gasteiger partial charge in [-0.25, -0.2) is 0 Å². The summed E-state index contributed by atoms with van der Waals surface area (Å²) in [6.45, 7) is 5.89. The highest BCUT2D eigenvalue weighted by Crippen LogP contribution is 2.36. The van der Waals surface area contributed by atoms with Crippen LogP contribution in [0.1, 0.15) is 63.0 Å². The van der Waals surface area contributed by atoms with Gasteiger partial charge in [-0.05, 0) is 62.0 Å². The fourth-order valence-corrected chi connectivity index (χ4v) is 3.14. The molecule has 0 saturated heterocycles. The number of allylic oxidation sites excluding steroid dienone is 2. The molecule has 0 bridgehead atoms. The van der Waals surface area contributed by atoms with Crippen LogP contribution in [0.4, 0.5) is 0 Å². The Morgan fingerprint density at radius 3 is 2.40 bits per heavy atom. The zero-order chi connectivity index (χ0) is 14.2. The Bertz CT molecular complexity index is 396. The Labute approximate surface area is 124 Å².